The Morgan fingerprint density at radius 3 is 2.89 bits per heavy atom. The average Bonchev–Trinajstić information content (AvgIpc) is 2.73. The molecule has 1 aliphatic rings. The molecule has 0 aromatic carbocycles. The highest BCUT2D eigenvalue weighted by molar-refractivity contribution is 7.99. The lowest BCUT2D eigenvalue weighted by Crippen LogP contribution is -2.22. The van der Waals surface area contributed by atoms with Crippen molar-refractivity contribution in [1.82, 2.24) is 4.98 Å². The fourth-order valence-electron chi connectivity index (χ4n) is 2.76. The van der Waals surface area contributed by atoms with Crippen molar-refractivity contribution in [2.75, 3.05) is 5.75 Å². The summed E-state index contributed by atoms with van der Waals surface area (Å²) < 4.78 is 5.75. The maximum Gasteiger partial charge on any atom is 0.195 e. The number of oxazole rings is 1. The van der Waals surface area contributed by atoms with Gasteiger partial charge < -0.3 is 4.42 Å². The second-order valence-electron chi connectivity index (χ2n) is 5.33. The molecule has 0 amide bonds. The van der Waals surface area contributed by atoms with E-state index >= 15 is 0 Å². The summed E-state index contributed by atoms with van der Waals surface area (Å²) in [5, 5.41) is 0.613. The molecule has 0 spiro atoms. The van der Waals surface area contributed by atoms with Crippen molar-refractivity contribution < 1.29 is 9.21 Å². The highest BCUT2D eigenvalue weighted by atomic mass is 32.2. The lowest BCUT2D eigenvalue weighted by atomic mass is 9.86. The molecule has 0 aliphatic heterocycles. The van der Waals surface area contributed by atoms with E-state index in [2.05, 4.69) is 25.8 Å². The van der Waals surface area contributed by atoms with Gasteiger partial charge in [-0.2, -0.15) is 11.8 Å². The minimum Gasteiger partial charge on any atom is -0.445 e. The minimum atomic E-state index is 0.172. The number of thioether (sulfide) groups is 1. The molecule has 4 heteroatoms. The highest BCUT2D eigenvalue weighted by Gasteiger charge is 2.30. The van der Waals surface area contributed by atoms with E-state index in [1.807, 2.05) is 11.8 Å². The largest absolute Gasteiger partial charge is 0.445 e. The topological polar surface area (TPSA) is 43.1 Å². The SMILES string of the molecule is CCCc1nc2c(o1)C[C@@H](C[C@@H](C)SCC)CC2=O. The number of hydrogen-bond donors (Lipinski definition) is 0. The van der Waals surface area contributed by atoms with E-state index in [0.29, 0.717) is 23.3 Å². The predicted molar refractivity (Wildman–Crippen MR) is 78.9 cm³/mol. The Morgan fingerprint density at radius 2 is 2.21 bits per heavy atom. The van der Waals surface area contributed by atoms with Gasteiger partial charge in [0.25, 0.3) is 0 Å². The van der Waals surface area contributed by atoms with Crippen LogP contribution in [-0.2, 0) is 12.8 Å². The van der Waals surface area contributed by atoms with Crippen LogP contribution in [0.4, 0.5) is 0 Å². The Kier molecular flexibility index (Phi) is 5.08. The van der Waals surface area contributed by atoms with E-state index in [1.165, 1.54) is 0 Å². The summed E-state index contributed by atoms with van der Waals surface area (Å²) >= 11 is 1.96. The second kappa shape index (κ2) is 6.60. The molecule has 0 unspecified atom stereocenters. The van der Waals surface area contributed by atoms with Crippen LogP contribution in [-0.4, -0.2) is 21.8 Å². The lowest BCUT2D eigenvalue weighted by molar-refractivity contribution is 0.0937. The third kappa shape index (κ3) is 3.62. The number of carbonyl (C=O) groups is 1. The van der Waals surface area contributed by atoms with Gasteiger partial charge in [-0.1, -0.05) is 20.8 Å². The zero-order valence-corrected chi connectivity index (χ0v) is 12.9. The fraction of sp³-hybridized carbons (Fsp3) is 0.733. The predicted octanol–water partition coefficient (Wildman–Crippen LogP) is 3.90. The Labute approximate surface area is 119 Å². The van der Waals surface area contributed by atoms with Gasteiger partial charge in [0.1, 0.15) is 11.5 Å². The molecule has 1 aromatic heterocycles. The third-order valence-electron chi connectivity index (χ3n) is 3.53. The molecule has 106 valence electrons. The van der Waals surface area contributed by atoms with Crippen LogP contribution in [0.15, 0.2) is 4.42 Å². The van der Waals surface area contributed by atoms with Crippen LogP contribution in [0.5, 0.6) is 0 Å². The Balaban J connectivity index is 2.04. The highest BCUT2D eigenvalue weighted by Crippen LogP contribution is 2.31. The van der Waals surface area contributed by atoms with Crippen LogP contribution < -0.4 is 0 Å². The maximum absolute atomic E-state index is 12.1. The summed E-state index contributed by atoms with van der Waals surface area (Å²) in [4.78, 5) is 16.5. The van der Waals surface area contributed by atoms with Crippen LogP contribution in [0.1, 0.15) is 62.2 Å². The first-order chi connectivity index (χ1) is 9.13. The number of aromatic nitrogens is 1. The molecule has 0 N–H and O–H groups in total. The molecule has 1 aliphatic carbocycles. The minimum absolute atomic E-state index is 0.172. The van der Waals surface area contributed by atoms with Gasteiger partial charge >= 0.3 is 0 Å². The van der Waals surface area contributed by atoms with E-state index in [-0.39, 0.29) is 5.78 Å². The van der Waals surface area contributed by atoms with E-state index in [4.69, 9.17) is 4.42 Å². The van der Waals surface area contributed by atoms with Crippen LogP contribution in [0.2, 0.25) is 0 Å². The second-order valence-corrected chi connectivity index (χ2v) is 7.04. The van der Waals surface area contributed by atoms with E-state index in [0.717, 1.165) is 43.1 Å². The number of carbonyl (C=O) groups excluding carboxylic acids is 1. The zero-order valence-electron chi connectivity index (χ0n) is 12.1. The van der Waals surface area contributed by atoms with Crippen molar-refractivity contribution in [3.05, 3.63) is 17.3 Å². The van der Waals surface area contributed by atoms with Gasteiger partial charge in [0.15, 0.2) is 11.7 Å². The number of hydrogen-bond acceptors (Lipinski definition) is 4. The van der Waals surface area contributed by atoms with Gasteiger partial charge in [0.2, 0.25) is 0 Å². The molecule has 2 rings (SSSR count). The molecule has 1 heterocycles. The van der Waals surface area contributed by atoms with Gasteiger partial charge in [0, 0.05) is 24.5 Å². The van der Waals surface area contributed by atoms with E-state index in [9.17, 15) is 4.79 Å². The average molecular weight is 281 g/mol. The zero-order chi connectivity index (χ0) is 13.8. The molecule has 0 radical (unpaired) electrons. The van der Waals surface area contributed by atoms with Crippen molar-refractivity contribution >= 4 is 17.5 Å². The molecule has 19 heavy (non-hydrogen) atoms. The van der Waals surface area contributed by atoms with Crippen LogP contribution in [0.25, 0.3) is 0 Å². The molecule has 0 bridgehead atoms. The Bertz CT molecular complexity index is 441. The lowest BCUT2D eigenvalue weighted by Gasteiger charge is -2.22. The molecule has 1 aromatic rings. The van der Waals surface area contributed by atoms with Gasteiger partial charge in [-0.05, 0) is 24.5 Å². The van der Waals surface area contributed by atoms with Gasteiger partial charge in [-0.3, -0.25) is 4.79 Å². The molecule has 0 saturated carbocycles. The summed E-state index contributed by atoms with van der Waals surface area (Å²) in [6.07, 6.45) is 4.44. The molecule has 0 fully saturated rings. The number of rotatable bonds is 6. The fourth-order valence-corrected chi connectivity index (χ4v) is 3.74. The normalized spacial score (nSPS) is 20.4. The van der Waals surface area contributed by atoms with Crippen molar-refractivity contribution in [1.29, 1.82) is 0 Å². The summed E-state index contributed by atoms with van der Waals surface area (Å²) in [6, 6.07) is 0. The Morgan fingerprint density at radius 1 is 1.42 bits per heavy atom. The summed E-state index contributed by atoms with van der Waals surface area (Å²) in [5.74, 6) is 3.30. The molecule has 0 saturated heterocycles. The van der Waals surface area contributed by atoms with Crippen molar-refractivity contribution in [2.24, 2.45) is 5.92 Å². The number of nitrogens with zero attached hydrogens (tertiary/aromatic N) is 1. The number of aryl methyl sites for hydroxylation is 1. The first kappa shape index (κ1) is 14.6. The van der Waals surface area contributed by atoms with Crippen LogP contribution in [0.3, 0.4) is 0 Å². The molecule has 3 nitrogen and oxygen atoms in total. The van der Waals surface area contributed by atoms with E-state index in [1.54, 1.807) is 0 Å². The summed E-state index contributed by atoms with van der Waals surface area (Å²) in [5.41, 5.74) is 0.607. The first-order valence-corrected chi connectivity index (χ1v) is 8.32. The molecular weight excluding hydrogens is 258 g/mol. The number of fused-ring (bicyclic) bond motifs is 1. The van der Waals surface area contributed by atoms with Crippen molar-refractivity contribution in [3.63, 3.8) is 0 Å². The number of ketones is 1. The standard InChI is InChI=1S/C15H23NO2S/c1-4-6-14-16-15-12(17)8-11(9-13(15)18-14)7-10(3)19-5-2/h10-11H,4-9H2,1-3H3/t10-,11+/m1/s1. The first-order valence-electron chi connectivity index (χ1n) is 7.27. The van der Waals surface area contributed by atoms with Crippen LogP contribution >= 0.6 is 11.8 Å². The van der Waals surface area contributed by atoms with Crippen molar-refractivity contribution in [3.8, 4) is 0 Å². The molecule has 2 atom stereocenters. The van der Waals surface area contributed by atoms with Gasteiger partial charge in [-0.15, -0.1) is 0 Å². The summed E-state index contributed by atoms with van der Waals surface area (Å²) in [7, 11) is 0. The van der Waals surface area contributed by atoms with E-state index < -0.39 is 0 Å². The number of Topliss-reactive ketones (excluding diaryl/α,β-unsaturated/α-hetero) is 1. The summed E-state index contributed by atoms with van der Waals surface area (Å²) in [6.45, 7) is 6.52. The Hall–Kier alpha value is -0.770. The van der Waals surface area contributed by atoms with Crippen LogP contribution in [0, 0.1) is 5.92 Å². The van der Waals surface area contributed by atoms with Crippen molar-refractivity contribution in [2.45, 2.75) is 58.1 Å². The smallest absolute Gasteiger partial charge is 0.195 e. The molecular formula is C15H23NO2S. The third-order valence-corrected chi connectivity index (χ3v) is 4.63. The van der Waals surface area contributed by atoms with Gasteiger partial charge in [-0.25, -0.2) is 4.98 Å². The van der Waals surface area contributed by atoms with Gasteiger partial charge in [0.05, 0.1) is 0 Å². The monoisotopic (exact) mass is 281 g/mol. The maximum atomic E-state index is 12.1. The quantitative estimate of drug-likeness (QED) is 0.793.